The Bertz CT molecular complexity index is 692. The van der Waals surface area contributed by atoms with Crippen molar-refractivity contribution in [1.82, 2.24) is 5.32 Å². The maximum atomic E-state index is 12.1. The third kappa shape index (κ3) is 5.63. The van der Waals surface area contributed by atoms with Gasteiger partial charge in [-0.05, 0) is 36.6 Å². The topological polar surface area (TPSA) is 89.2 Å². The lowest BCUT2D eigenvalue weighted by atomic mass is 10.1. The Kier molecular flexibility index (Phi) is 7.00. The number of nitriles is 2. The summed E-state index contributed by atoms with van der Waals surface area (Å²) in [6.45, 7) is 1.82. The first kappa shape index (κ1) is 18.5. The molecule has 1 heterocycles. The van der Waals surface area contributed by atoms with Crippen LogP contribution in [0.2, 0.25) is 0 Å². The zero-order valence-corrected chi connectivity index (χ0v) is 14.4. The molecule has 1 fully saturated rings. The lowest BCUT2D eigenvalue weighted by molar-refractivity contribution is -0.117. The van der Waals surface area contributed by atoms with Crippen molar-refractivity contribution in [1.29, 1.82) is 10.5 Å². The molecule has 1 atom stereocenters. The van der Waals surface area contributed by atoms with E-state index >= 15 is 0 Å². The number of rotatable bonds is 7. The van der Waals surface area contributed by atoms with E-state index in [1.54, 1.807) is 6.08 Å². The molecular formula is C19H22N4O2. The first-order valence-corrected chi connectivity index (χ1v) is 8.34. The molecule has 1 aliphatic rings. The Morgan fingerprint density at radius 3 is 2.76 bits per heavy atom. The van der Waals surface area contributed by atoms with Gasteiger partial charge in [0.05, 0.1) is 18.6 Å². The van der Waals surface area contributed by atoms with Crippen LogP contribution in [0, 0.1) is 22.7 Å². The van der Waals surface area contributed by atoms with Crippen LogP contribution in [0.25, 0.3) is 6.08 Å². The van der Waals surface area contributed by atoms with E-state index in [-0.39, 0.29) is 17.6 Å². The van der Waals surface area contributed by atoms with Gasteiger partial charge in [0.1, 0.15) is 11.6 Å². The van der Waals surface area contributed by atoms with Gasteiger partial charge in [-0.3, -0.25) is 4.79 Å². The number of benzene rings is 1. The molecule has 6 nitrogen and oxygen atoms in total. The van der Waals surface area contributed by atoms with E-state index in [0.717, 1.165) is 30.7 Å². The van der Waals surface area contributed by atoms with E-state index in [4.69, 9.17) is 10.00 Å². The summed E-state index contributed by atoms with van der Waals surface area (Å²) in [7, 11) is 1.92. The van der Waals surface area contributed by atoms with Crippen molar-refractivity contribution in [2.75, 3.05) is 31.6 Å². The SMILES string of the molecule is CN(CCC#N)c1ccc(/C=C(\C#N)C(=O)NC[C@@H]2CCCO2)cc1. The Labute approximate surface area is 148 Å². The van der Waals surface area contributed by atoms with Gasteiger partial charge in [0, 0.05) is 32.4 Å². The number of ether oxygens (including phenoxy) is 1. The average Bonchev–Trinajstić information content (AvgIpc) is 3.16. The molecule has 6 heteroatoms. The molecular weight excluding hydrogens is 316 g/mol. The summed E-state index contributed by atoms with van der Waals surface area (Å²) in [4.78, 5) is 14.1. The quantitative estimate of drug-likeness (QED) is 0.608. The van der Waals surface area contributed by atoms with Gasteiger partial charge >= 0.3 is 0 Å². The number of nitrogens with zero attached hydrogens (tertiary/aromatic N) is 3. The van der Waals surface area contributed by atoms with Crippen molar-refractivity contribution in [3.63, 3.8) is 0 Å². The standard InChI is InChI=1S/C19H22N4O2/c1-23(10-3-9-20)17-7-5-15(6-8-17)12-16(13-21)19(24)22-14-18-4-2-11-25-18/h5-8,12,18H,2-4,10-11,14H2,1H3,(H,22,24)/b16-12+/t18-/m0/s1. The van der Waals surface area contributed by atoms with Crippen LogP contribution in [0.3, 0.4) is 0 Å². The van der Waals surface area contributed by atoms with Crippen molar-refractivity contribution < 1.29 is 9.53 Å². The van der Waals surface area contributed by atoms with E-state index in [2.05, 4.69) is 11.4 Å². The second-order valence-corrected chi connectivity index (χ2v) is 5.94. The summed E-state index contributed by atoms with van der Waals surface area (Å²) in [5.41, 5.74) is 1.83. The molecule has 1 amide bonds. The summed E-state index contributed by atoms with van der Waals surface area (Å²) >= 11 is 0. The van der Waals surface area contributed by atoms with Crippen molar-refractivity contribution in [2.24, 2.45) is 0 Å². The van der Waals surface area contributed by atoms with Crippen LogP contribution in [-0.4, -0.2) is 38.8 Å². The van der Waals surface area contributed by atoms with Crippen LogP contribution < -0.4 is 10.2 Å². The number of hydrogen-bond acceptors (Lipinski definition) is 5. The van der Waals surface area contributed by atoms with Crippen molar-refractivity contribution in [3.8, 4) is 12.1 Å². The number of amides is 1. The third-order valence-corrected chi connectivity index (χ3v) is 4.08. The Hall–Kier alpha value is -2.83. The van der Waals surface area contributed by atoms with E-state index in [0.29, 0.717) is 19.5 Å². The highest BCUT2D eigenvalue weighted by molar-refractivity contribution is 6.01. The van der Waals surface area contributed by atoms with E-state index in [1.807, 2.05) is 42.3 Å². The lowest BCUT2D eigenvalue weighted by Gasteiger charge is -2.17. The highest BCUT2D eigenvalue weighted by atomic mass is 16.5. The largest absolute Gasteiger partial charge is 0.376 e. The second kappa shape index (κ2) is 9.46. The highest BCUT2D eigenvalue weighted by Gasteiger charge is 2.17. The van der Waals surface area contributed by atoms with Gasteiger partial charge in [-0.2, -0.15) is 10.5 Å². The van der Waals surface area contributed by atoms with Gasteiger partial charge in [0.25, 0.3) is 5.91 Å². The third-order valence-electron chi connectivity index (χ3n) is 4.08. The molecule has 1 aromatic rings. The molecule has 130 valence electrons. The molecule has 1 N–H and O–H groups in total. The summed E-state index contributed by atoms with van der Waals surface area (Å²) in [6, 6.07) is 11.6. The van der Waals surface area contributed by atoms with Crippen LogP contribution in [0.1, 0.15) is 24.8 Å². The minimum absolute atomic E-state index is 0.0483. The van der Waals surface area contributed by atoms with Crippen LogP contribution in [0.5, 0.6) is 0 Å². The van der Waals surface area contributed by atoms with Gasteiger partial charge in [0.2, 0.25) is 0 Å². The molecule has 0 bridgehead atoms. The second-order valence-electron chi connectivity index (χ2n) is 5.94. The predicted octanol–water partition coefficient (Wildman–Crippen LogP) is 2.24. The van der Waals surface area contributed by atoms with Crippen LogP contribution >= 0.6 is 0 Å². The van der Waals surface area contributed by atoms with E-state index in [1.165, 1.54) is 0 Å². The summed E-state index contributed by atoms with van der Waals surface area (Å²) < 4.78 is 5.46. The average molecular weight is 338 g/mol. The smallest absolute Gasteiger partial charge is 0.262 e. The molecule has 0 aliphatic carbocycles. The van der Waals surface area contributed by atoms with Crippen molar-refractivity contribution in [2.45, 2.75) is 25.4 Å². The van der Waals surface area contributed by atoms with Gasteiger partial charge in [0.15, 0.2) is 0 Å². The Morgan fingerprint density at radius 2 is 2.16 bits per heavy atom. The molecule has 0 aromatic heterocycles. The molecule has 25 heavy (non-hydrogen) atoms. The van der Waals surface area contributed by atoms with E-state index < -0.39 is 0 Å². The van der Waals surface area contributed by atoms with E-state index in [9.17, 15) is 10.1 Å². The minimum atomic E-state index is -0.381. The monoisotopic (exact) mass is 338 g/mol. The maximum absolute atomic E-state index is 12.1. The van der Waals surface area contributed by atoms with Gasteiger partial charge in [-0.1, -0.05) is 12.1 Å². The number of carbonyl (C=O) groups excluding carboxylic acids is 1. The fourth-order valence-electron chi connectivity index (χ4n) is 2.59. The highest BCUT2D eigenvalue weighted by Crippen LogP contribution is 2.16. The summed E-state index contributed by atoms with van der Waals surface area (Å²) in [5.74, 6) is -0.381. The van der Waals surface area contributed by atoms with Crippen molar-refractivity contribution >= 4 is 17.7 Å². The number of nitrogens with one attached hydrogen (secondary N) is 1. The Balaban J connectivity index is 1.97. The van der Waals surface area contributed by atoms with Crippen LogP contribution in [-0.2, 0) is 9.53 Å². The maximum Gasteiger partial charge on any atom is 0.262 e. The molecule has 0 radical (unpaired) electrons. The first-order valence-electron chi connectivity index (χ1n) is 8.34. The molecule has 1 aromatic carbocycles. The van der Waals surface area contributed by atoms with Gasteiger partial charge < -0.3 is 15.0 Å². The first-order chi connectivity index (χ1) is 12.1. The number of hydrogen-bond donors (Lipinski definition) is 1. The zero-order chi connectivity index (χ0) is 18.1. The summed E-state index contributed by atoms with van der Waals surface area (Å²) in [5, 5.41) is 20.6. The normalized spacial score (nSPS) is 16.8. The molecule has 0 spiro atoms. The van der Waals surface area contributed by atoms with Crippen molar-refractivity contribution in [3.05, 3.63) is 35.4 Å². The number of carbonyl (C=O) groups is 1. The van der Waals surface area contributed by atoms with Gasteiger partial charge in [-0.25, -0.2) is 0 Å². The zero-order valence-electron chi connectivity index (χ0n) is 14.4. The van der Waals surface area contributed by atoms with Gasteiger partial charge in [-0.15, -0.1) is 0 Å². The van der Waals surface area contributed by atoms with Crippen LogP contribution in [0.15, 0.2) is 29.8 Å². The lowest BCUT2D eigenvalue weighted by Crippen LogP contribution is -2.32. The molecule has 0 saturated carbocycles. The fraction of sp³-hybridized carbons (Fsp3) is 0.421. The number of anilines is 1. The predicted molar refractivity (Wildman–Crippen MR) is 95.5 cm³/mol. The molecule has 1 saturated heterocycles. The molecule has 1 aliphatic heterocycles. The molecule has 2 rings (SSSR count). The fourth-order valence-corrected chi connectivity index (χ4v) is 2.59. The summed E-state index contributed by atoms with van der Waals surface area (Å²) in [6.07, 6.45) is 4.03. The minimum Gasteiger partial charge on any atom is -0.376 e. The Morgan fingerprint density at radius 1 is 1.40 bits per heavy atom. The molecule has 0 unspecified atom stereocenters. The van der Waals surface area contributed by atoms with Crippen LogP contribution in [0.4, 0.5) is 5.69 Å².